The highest BCUT2D eigenvalue weighted by atomic mass is 32.2. The van der Waals surface area contributed by atoms with Gasteiger partial charge in [-0.1, -0.05) is 6.92 Å². The van der Waals surface area contributed by atoms with Crippen LogP contribution in [-0.4, -0.2) is 25.1 Å². The van der Waals surface area contributed by atoms with Crippen molar-refractivity contribution in [2.45, 2.75) is 19.4 Å². The normalized spacial score (nSPS) is 11.9. The summed E-state index contributed by atoms with van der Waals surface area (Å²) in [4.78, 5) is 2.04. The van der Waals surface area contributed by atoms with E-state index in [-0.39, 0.29) is 5.82 Å². The SMILES string of the molecule is CCC(CSC)N(C)c1cc(F)cc(C#N)c1. The maximum atomic E-state index is 13.3. The molecular weight excluding hydrogens is 235 g/mol. The number of nitrogens with zero attached hydrogens (tertiary/aromatic N) is 2. The molecular formula is C13H17FN2S. The Hall–Kier alpha value is -1.21. The average molecular weight is 252 g/mol. The van der Waals surface area contributed by atoms with E-state index < -0.39 is 0 Å². The van der Waals surface area contributed by atoms with E-state index in [0.29, 0.717) is 11.6 Å². The van der Waals surface area contributed by atoms with Crippen molar-refractivity contribution < 1.29 is 4.39 Å². The first-order valence-corrected chi connectivity index (χ1v) is 6.94. The second-order valence-electron chi connectivity index (χ2n) is 3.94. The topological polar surface area (TPSA) is 27.0 Å². The molecule has 0 aliphatic rings. The lowest BCUT2D eigenvalue weighted by molar-refractivity contribution is 0.622. The van der Waals surface area contributed by atoms with Crippen LogP contribution >= 0.6 is 11.8 Å². The summed E-state index contributed by atoms with van der Waals surface area (Å²) in [7, 11) is 1.94. The molecule has 1 aromatic rings. The summed E-state index contributed by atoms with van der Waals surface area (Å²) < 4.78 is 13.3. The minimum Gasteiger partial charge on any atom is -0.371 e. The molecule has 1 aromatic carbocycles. The van der Waals surface area contributed by atoms with E-state index in [0.717, 1.165) is 17.9 Å². The van der Waals surface area contributed by atoms with Crippen LogP contribution in [0.25, 0.3) is 0 Å². The highest BCUT2D eigenvalue weighted by Gasteiger charge is 2.14. The first kappa shape index (κ1) is 13.9. The van der Waals surface area contributed by atoms with E-state index in [1.165, 1.54) is 12.1 Å². The lowest BCUT2D eigenvalue weighted by atomic mass is 10.1. The molecule has 0 heterocycles. The first-order valence-electron chi connectivity index (χ1n) is 5.54. The van der Waals surface area contributed by atoms with Gasteiger partial charge in [0.25, 0.3) is 0 Å². The molecule has 0 amide bonds. The van der Waals surface area contributed by atoms with Crippen LogP contribution in [0, 0.1) is 17.1 Å². The Morgan fingerprint density at radius 3 is 2.71 bits per heavy atom. The molecule has 1 unspecified atom stereocenters. The largest absolute Gasteiger partial charge is 0.371 e. The van der Waals surface area contributed by atoms with Gasteiger partial charge in [-0.25, -0.2) is 4.39 Å². The van der Waals surface area contributed by atoms with Crippen molar-refractivity contribution in [1.29, 1.82) is 5.26 Å². The quantitative estimate of drug-likeness (QED) is 0.804. The van der Waals surface area contributed by atoms with Crippen LogP contribution in [0.2, 0.25) is 0 Å². The molecule has 0 aromatic heterocycles. The van der Waals surface area contributed by atoms with Crippen LogP contribution in [0.3, 0.4) is 0 Å². The standard InChI is InChI=1S/C13H17FN2S/c1-4-12(9-17-3)16(2)13-6-10(8-15)5-11(14)7-13/h5-7,12H,4,9H2,1-3H3. The zero-order valence-electron chi connectivity index (χ0n) is 10.4. The molecule has 0 radical (unpaired) electrons. The van der Waals surface area contributed by atoms with Crippen molar-refractivity contribution >= 4 is 17.4 Å². The summed E-state index contributed by atoms with van der Waals surface area (Å²) in [5, 5.41) is 8.83. The van der Waals surface area contributed by atoms with Crippen molar-refractivity contribution in [3.63, 3.8) is 0 Å². The fourth-order valence-electron chi connectivity index (χ4n) is 1.75. The molecule has 0 saturated carbocycles. The predicted octanol–water partition coefficient (Wildman–Crippen LogP) is 3.28. The Morgan fingerprint density at radius 1 is 1.47 bits per heavy atom. The Labute approximate surface area is 106 Å². The number of rotatable bonds is 5. The van der Waals surface area contributed by atoms with Crippen LogP contribution in [0.5, 0.6) is 0 Å². The molecule has 0 bridgehead atoms. The minimum absolute atomic E-state index is 0.357. The zero-order chi connectivity index (χ0) is 12.8. The molecule has 0 saturated heterocycles. The molecule has 0 aliphatic carbocycles. The van der Waals surface area contributed by atoms with Gasteiger partial charge in [0.2, 0.25) is 0 Å². The third-order valence-electron chi connectivity index (χ3n) is 2.80. The molecule has 2 nitrogen and oxygen atoms in total. The van der Waals surface area contributed by atoms with Crippen LogP contribution in [0.1, 0.15) is 18.9 Å². The Balaban J connectivity index is 2.98. The summed E-state index contributed by atoms with van der Waals surface area (Å²) in [5.41, 5.74) is 1.13. The maximum Gasteiger partial charge on any atom is 0.126 e. The summed E-state index contributed by atoms with van der Waals surface area (Å²) >= 11 is 1.77. The van der Waals surface area contributed by atoms with Gasteiger partial charge in [0.1, 0.15) is 5.82 Å². The maximum absolute atomic E-state index is 13.3. The Bertz CT molecular complexity index is 414. The third-order valence-corrected chi connectivity index (χ3v) is 3.52. The van der Waals surface area contributed by atoms with E-state index in [2.05, 4.69) is 13.2 Å². The predicted molar refractivity (Wildman–Crippen MR) is 72.0 cm³/mol. The van der Waals surface area contributed by atoms with Gasteiger partial charge in [0.05, 0.1) is 11.6 Å². The van der Waals surface area contributed by atoms with Crippen molar-refractivity contribution in [3.8, 4) is 6.07 Å². The van der Waals surface area contributed by atoms with Gasteiger partial charge >= 0.3 is 0 Å². The molecule has 0 spiro atoms. The fraction of sp³-hybridized carbons (Fsp3) is 0.462. The Kier molecular flexibility index (Phi) is 5.30. The number of halogens is 1. The van der Waals surface area contributed by atoms with Gasteiger partial charge < -0.3 is 4.90 Å². The lowest BCUT2D eigenvalue weighted by Gasteiger charge is -2.29. The van der Waals surface area contributed by atoms with E-state index in [1.54, 1.807) is 17.8 Å². The smallest absolute Gasteiger partial charge is 0.126 e. The van der Waals surface area contributed by atoms with Gasteiger partial charge in [0.15, 0.2) is 0 Å². The fourth-order valence-corrected chi connectivity index (χ4v) is 2.59. The second kappa shape index (κ2) is 6.51. The van der Waals surface area contributed by atoms with Crippen LogP contribution in [0.4, 0.5) is 10.1 Å². The molecule has 0 N–H and O–H groups in total. The van der Waals surface area contributed by atoms with Crippen LogP contribution in [-0.2, 0) is 0 Å². The third kappa shape index (κ3) is 3.64. The molecule has 0 aliphatic heterocycles. The first-order chi connectivity index (χ1) is 8.12. The average Bonchev–Trinajstić information content (AvgIpc) is 2.34. The monoisotopic (exact) mass is 252 g/mol. The highest BCUT2D eigenvalue weighted by Crippen LogP contribution is 2.21. The van der Waals surface area contributed by atoms with Crippen molar-refractivity contribution in [2.75, 3.05) is 24.0 Å². The molecule has 1 atom stereocenters. The van der Waals surface area contributed by atoms with E-state index in [9.17, 15) is 4.39 Å². The van der Waals surface area contributed by atoms with Gasteiger partial charge in [-0.3, -0.25) is 0 Å². The minimum atomic E-state index is -0.357. The van der Waals surface area contributed by atoms with Crippen molar-refractivity contribution in [2.24, 2.45) is 0 Å². The molecule has 1 rings (SSSR count). The number of hydrogen-bond donors (Lipinski definition) is 0. The van der Waals surface area contributed by atoms with Gasteiger partial charge in [-0.05, 0) is 30.9 Å². The summed E-state index contributed by atoms with van der Waals surface area (Å²) in [6.07, 6.45) is 3.05. The Morgan fingerprint density at radius 2 is 2.18 bits per heavy atom. The highest BCUT2D eigenvalue weighted by molar-refractivity contribution is 7.98. The van der Waals surface area contributed by atoms with Gasteiger partial charge in [-0.2, -0.15) is 17.0 Å². The molecule has 92 valence electrons. The van der Waals surface area contributed by atoms with Crippen LogP contribution < -0.4 is 4.90 Å². The zero-order valence-corrected chi connectivity index (χ0v) is 11.2. The molecule has 4 heteroatoms. The van der Waals surface area contributed by atoms with Crippen molar-refractivity contribution in [3.05, 3.63) is 29.6 Å². The van der Waals surface area contributed by atoms with Crippen molar-refractivity contribution in [1.82, 2.24) is 0 Å². The van der Waals surface area contributed by atoms with E-state index >= 15 is 0 Å². The van der Waals surface area contributed by atoms with Crippen LogP contribution in [0.15, 0.2) is 18.2 Å². The number of anilines is 1. The lowest BCUT2D eigenvalue weighted by Crippen LogP contribution is -2.33. The summed E-state index contributed by atoms with van der Waals surface area (Å²) in [6, 6.07) is 6.80. The van der Waals surface area contributed by atoms with E-state index in [1.807, 2.05) is 18.0 Å². The number of hydrogen-bond acceptors (Lipinski definition) is 3. The number of benzene rings is 1. The second-order valence-corrected chi connectivity index (χ2v) is 4.85. The van der Waals surface area contributed by atoms with Gasteiger partial charge in [-0.15, -0.1) is 0 Å². The number of nitriles is 1. The van der Waals surface area contributed by atoms with Gasteiger partial charge in [0, 0.05) is 24.5 Å². The molecule has 0 fully saturated rings. The summed E-state index contributed by atoms with van der Waals surface area (Å²) in [5.74, 6) is 0.635. The summed E-state index contributed by atoms with van der Waals surface area (Å²) in [6.45, 7) is 2.11. The molecule has 17 heavy (non-hydrogen) atoms. The number of thioether (sulfide) groups is 1. The van der Waals surface area contributed by atoms with E-state index in [4.69, 9.17) is 5.26 Å².